The van der Waals surface area contributed by atoms with E-state index in [0.717, 1.165) is 10.0 Å². The second-order valence-electron chi connectivity index (χ2n) is 3.30. The van der Waals surface area contributed by atoms with Crippen LogP contribution in [0.2, 0.25) is 0 Å². The highest BCUT2D eigenvalue weighted by Crippen LogP contribution is 2.11. The second kappa shape index (κ2) is 7.06. The Morgan fingerprint density at radius 1 is 1.35 bits per heavy atom. The number of hydrogen-bond donors (Lipinski definition) is 0. The minimum Gasteiger partial charge on any atom is -0.461 e. The molecule has 0 amide bonds. The van der Waals surface area contributed by atoms with Gasteiger partial charge in [-0.15, -0.1) is 0 Å². The molecule has 92 valence electrons. The van der Waals surface area contributed by atoms with Crippen molar-refractivity contribution in [2.75, 3.05) is 6.61 Å². The molecular weight excluding hydrogens is 286 g/mol. The van der Waals surface area contributed by atoms with Gasteiger partial charge in [-0.1, -0.05) is 33.2 Å². The van der Waals surface area contributed by atoms with E-state index in [2.05, 4.69) is 21.1 Å². The summed E-state index contributed by atoms with van der Waals surface area (Å²) in [7, 11) is 0. The second-order valence-corrected chi connectivity index (χ2v) is 4.21. The first-order valence-electron chi connectivity index (χ1n) is 5.21. The Balaban J connectivity index is 2.43. The molecule has 0 aliphatic rings. The number of carbonyl (C=O) groups is 1. The van der Waals surface area contributed by atoms with Crippen LogP contribution >= 0.6 is 15.9 Å². The third-order valence-corrected chi connectivity index (χ3v) is 2.45. The molecule has 0 N–H and O–H groups in total. The Hall–Kier alpha value is -1.36. The summed E-state index contributed by atoms with van der Waals surface area (Å²) in [6.45, 7) is 3.95. The van der Waals surface area contributed by atoms with Gasteiger partial charge in [0, 0.05) is 4.47 Å². The molecule has 4 nitrogen and oxygen atoms in total. The van der Waals surface area contributed by atoms with Crippen LogP contribution in [-0.2, 0) is 21.0 Å². The molecule has 1 rings (SSSR count). The van der Waals surface area contributed by atoms with Gasteiger partial charge in [-0.05, 0) is 31.5 Å². The van der Waals surface area contributed by atoms with Crippen molar-refractivity contribution in [1.82, 2.24) is 0 Å². The normalized spacial score (nSPS) is 11.1. The third kappa shape index (κ3) is 4.99. The van der Waals surface area contributed by atoms with E-state index in [-0.39, 0.29) is 5.71 Å². The van der Waals surface area contributed by atoms with Gasteiger partial charge in [-0.25, -0.2) is 4.79 Å². The van der Waals surface area contributed by atoms with E-state index in [1.54, 1.807) is 13.8 Å². The average molecular weight is 300 g/mol. The zero-order chi connectivity index (χ0) is 12.7. The van der Waals surface area contributed by atoms with E-state index in [0.29, 0.717) is 13.2 Å². The van der Waals surface area contributed by atoms with E-state index in [4.69, 9.17) is 9.57 Å². The first-order chi connectivity index (χ1) is 8.13. The Morgan fingerprint density at radius 3 is 2.59 bits per heavy atom. The van der Waals surface area contributed by atoms with Crippen molar-refractivity contribution in [3.63, 3.8) is 0 Å². The Kier molecular flexibility index (Phi) is 5.69. The van der Waals surface area contributed by atoms with Gasteiger partial charge in [-0.2, -0.15) is 0 Å². The molecule has 0 unspecified atom stereocenters. The molecule has 0 aromatic heterocycles. The van der Waals surface area contributed by atoms with Gasteiger partial charge in [0.25, 0.3) is 0 Å². The number of hydrogen-bond acceptors (Lipinski definition) is 4. The summed E-state index contributed by atoms with van der Waals surface area (Å²) in [4.78, 5) is 16.3. The first kappa shape index (κ1) is 13.7. The predicted molar refractivity (Wildman–Crippen MR) is 68.7 cm³/mol. The standard InChI is InChI=1S/C12H14BrNO3/c1-3-16-12(15)9(2)14-17-8-10-4-6-11(13)7-5-10/h4-7H,3,8H2,1-2H3/b14-9+. The molecule has 1 aromatic rings. The maximum absolute atomic E-state index is 11.2. The number of ether oxygens (including phenoxy) is 1. The quantitative estimate of drug-likeness (QED) is 0.477. The number of esters is 1. The van der Waals surface area contributed by atoms with Crippen LogP contribution in [0, 0.1) is 0 Å². The molecule has 0 heterocycles. The largest absolute Gasteiger partial charge is 0.461 e. The summed E-state index contributed by atoms with van der Waals surface area (Å²) in [5.74, 6) is -0.455. The number of benzene rings is 1. The van der Waals surface area contributed by atoms with Crippen molar-refractivity contribution in [2.24, 2.45) is 5.16 Å². The lowest BCUT2D eigenvalue weighted by Gasteiger charge is -2.02. The Bertz CT molecular complexity index is 401. The molecule has 0 radical (unpaired) electrons. The minimum absolute atomic E-state index is 0.212. The molecule has 0 saturated carbocycles. The highest BCUT2D eigenvalue weighted by molar-refractivity contribution is 9.10. The summed E-state index contributed by atoms with van der Waals surface area (Å²) in [6.07, 6.45) is 0. The van der Waals surface area contributed by atoms with Crippen molar-refractivity contribution < 1.29 is 14.4 Å². The molecule has 1 aromatic carbocycles. The fraction of sp³-hybridized carbons (Fsp3) is 0.333. The van der Waals surface area contributed by atoms with Crippen molar-refractivity contribution in [2.45, 2.75) is 20.5 Å². The Labute approximate surface area is 109 Å². The molecule has 0 bridgehead atoms. The highest BCUT2D eigenvalue weighted by Gasteiger charge is 2.06. The van der Waals surface area contributed by atoms with Crippen molar-refractivity contribution in [3.8, 4) is 0 Å². The van der Waals surface area contributed by atoms with E-state index >= 15 is 0 Å². The maximum Gasteiger partial charge on any atom is 0.355 e. The van der Waals surface area contributed by atoms with Gasteiger partial charge in [0.1, 0.15) is 6.61 Å². The average Bonchev–Trinajstić information content (AvgIpc) is 2.32. The van der Waals surface area contributed by atoms with E-state index in [9.17, 15) is 4.79 Å². The van der Waals surface area contributed by atoms with Crippen molar-refractivity contribution in [3.05, 3.63) is 34.3 Å². The number of halogens is 1. The highest BCUT2D eigenvalue weighted by atomic mass is 79.9. The van der Waals surface area contributed by atoms with Crippen LogP contribution in [0.4, 0.5) is 0 Å². The first-order valence-corrected chi connectivity index (χ1v) is 6.01. The number of carbonyl (C=O) groups excluding carboxylic acids is 1. The smallest absolute Gasteiger partial charge is 0.355 e. The van der Waals surface area contributed by atoms with Gasteiger partial charge in [-0.3, -0.25) is 0 Å². The zero-order valence-corrected chi connectivity index (χ0v) is 11.4. The molecular formula is C12H14BrNO3. The molecule has 0 atom stereocenters. The molecule has 0 aliphatic carbocycles. The molecule has 0 fully saturated rings. The lowest BCUT2D eigenvalue weighted by Crippen LogP contribution is -2.14. The molecule has 0 aliphatic heterocycles. The summed E-state index contributed by atoms with van der Waals surface area (Å²) in [5, 5.41) is 3.69. The van der Waals surface area contributed by atoms with Crippen LogP contribution in [0.15, 0.2) is 33.9 Å². The number of nitrogens with zero attached hydrogens (tertiary/aromatic N) is 1. The summed E-state index contributed by atoms with van der Waals surface area (Å²) >= 11 is 3.34. The molecule has 17 heavy (non-hydrogen) atoms. The summed E-state index contributed by atoms with van der Waals surface area (Å²) < 4.78 is 5.77. The predicted octanol–water partition coefficient (Wildman–Crippen LogP) is 2.90. The van der Waals surface area contributed by atoms with Crippen molar-refractivity contribution in [1.29, 1.82) is 0 Å². The minimum atomic E-state index is -0.455. The topological polar surface area (TPSA) is 47.9 Å². The van der Waals surface area contributed by atoms with Crippen LogP contribution in [0.1, 0.15) is 19.4 Å². The number of oxime groups is 1. The van der Waals surface area contributed by atoms with Gasteiger partial charge in [0.05, 0.1) is 6.61 Å². The van der Waals surface area contributed by atoms with Crippen LogP contribution in [0.25, 0.3) is 0 Å². The summed E-state index contributed by atoms with van der Waals surface area (Å²) in [5.41, 5.74) is 1.19. The van der Waals surface area contributed by atoms with E-state index in [1.165, 1.54) is 0 Å². The van der Waals surface area contributed by atoms with Gasteiger partial charge in [0.2, 0.25) is 0 Å². The summed E-state index contributed by atoms with van der Waals surface area (Å²) in [6, 6.07) is 7.67. The van der Waals surface area contributed by atoms with Crippen LogP contribution in [0.3, 0.4) is 0 Å². The van der Waals surface area contributed by atoms with Gasteiger partial charge < -0.3 is 9.57 Å². The van der Waals surface area contributed by atoms with E-state index < -0.39 is 5.97 Å². The monoisotopic (exact) mass is 299 g/mol. The van der Waals surface area contributed by atoms with E-state index in [1.807, 2.05) is 24.3 Å². The lowest BCUT2D eigenvalue weighted by molar-refractivity contribution is -0.135. The van der Waals surface area contributed by atoms with Gasteiger partial charge in [0.15, 0.2) is 5.71 Å². The van der Waals surface area contributed by atoms with Crippen LogP contribution < -0.4 is 0 Å². The number of rotatable bonds is 5. The molecule has 5 heteroatoms. The third-order valence-electron chi connectivity index (χ3n) is 1.92. The van der Waals surface area contributed by atoms with Gasteiger partial charge >= 0.3 is 5.97 Å². The Morgan fingerprint density at radius 2 is 2.00 bits per heavy atom. The molecule has 0 saturated heterocycles. The van der Waals surface area contributed by atoms with Crippen LogP contribution in [-0.4, -0.2) is 18.3 Å². The lowest BCUT2D eigenvalue weighted by atomic mass is 10.2. The zero-order valence-electron chi connectivity index (χ0n) is 9.77. The van der Waals surface area contributed by atoms with Crippen molar-refractivity contribution >= 4 is 27.6 Å². The fourth-order valence-electron chi connectivity index (χ4n) is 1.06. The SMILES string of the molecule is CCOC(=O)/C(C)=N/OCc1ccc(Br)cc1. The fourth-order valence-corrected chi connectivity index (χ4v) is 1.32. The molecule has 0 spiro atoms. The van der Waals surface area contributed by atoms with Crippen LogP contribution in [0.5, 0.6) is 0 Å². The maximum atomic E-state index is 11.2.